The first-order valence-corrected chi connectivity index (χ1v) is 5.18. The topological polar surface area (TPSA) is 9.23 Å². The largest absolute Gasteiger partial charge is 0.493 e. The zero-order chi connectivity index (χ0) is 9.52. The summed E-state index contributed by atoms with van der Waals surface area (Å²) in [4.78, 5) is 0. The molecular formula is C11H15ClO. The Kier molecular flexibility index (Phi) is 4.69. The molecule has 0 saturated heterocycles. The molecule has 1 aromatic rings. The number of halogens is 1. The van der Waals surface area contributed by atoms with Crippen molar-refractivity contribution in [3.05, 3.63) is 29.8 Å². The highest BCUT2D eigenvalue weighted by Crippen LogP contribution is 2.18. The van der Waals surface area contributed by atoms with Gasteiger partial charge in [0.1, 0.15) is 5.75 Å². The summed E-state index contributed by atoms with van der Waals surface area (Å²) in [6, 6.07) is 8.13. The molecule has 0 atom stereocenters. The van der Waals surface area contributed by atoms with Crippen LogP contribution in [0.5, 0.6) is 5.75 Å². The summed E-state index contributed by atoms with van der Waals surface area (Å²) in [7, 11) is 0. The van der Waals surface area contributed by atoms with Gasteiger partial charge < -0.3 is 4.74 Å². The molecular weight excluding hydrogens is 184 g/mol. The van der Waals surface area contributed by atoms with E-state index in [-0.39, 0.29) is 0 Å². The van der Waals surface area contributed by atoms with Crippen LogP contribution in [-0.2, 0) is 6.42 Å². The van der Waals surface area contributed by atoms with Crippen molar-refractivity contribution in [3.8, 4) is 5.75 Å². The molecule has 72 valence electrons. The predicted molar refractivity (Wildman–Crippen MR) is 56.7 cm³/mol. The van der Waals surface area contributed by atoms with Gasteiger partial charge in [-0.1, -0.05) is 25.1 Å². The van der Waals surface area contributed by atoms with E-state index in [9.17, 15) is 0 Å². The van der Waals surface area contributed by atoms with Crippen molar-refractivity contribution >= 4 is 11.6 Å². The maximum Gasteiger partial charge on any atom is 0.122 e. The van der Waals surface area contributed by atoms with Gasteiger partial charge in [0.2, 0.25) is 0 Å². The third-order valence-electron chi connectivity index (χ3n) is 1.89. The maximum atomic E-state index is 5.58. The summed E-state index contributed by atoms with van der Waals surface area (Å²) in [5.74, 6) is 1.66. The molecule has 0 fully saturated rings. The second kappa shape index (κ2) is 5.87. The first-order valence-electron chi connectivity index (χ1n) is 4.65. The molecule has 13 heavy (non-hydrogen) atoms. The van der Waals surface area contributed by atoms with Crippen LogP contribution in [0.1, 0.15) is 18.9 Å². The lowest BCUT2D eigenvalue weighted by Crippen LogP contribution is -2.00. The molecule has 0 aliphatic heterocycles. The fourth-order valence-electron chi connectivity index (χ4n) is 1.17. The smallest absolute Gasteiger partial charge is 0.122 e. The number of benzene rings is 1. The Labute approximate surface area is 84.7 Å². The summed E-state index contributed by atoms with van der Waals surface area (Å²) in [5.41, 5.74) is 1.26. The lowest BCUT2D eigenvalue weighted by Gasteiger charge is -2.08. The Hall–Kier alpha value is -0.690. The maximum absolute atomic E-state index is 5.58. The van der Waals surface area contributed by atoms with Crippen molar-refractivity contribution < 1.29 is 4.74 Å². The van der Waals surface area contributed by atoms with Crippen molar-refractivity contribution in [1.29, 1.82) is 0 Å². The van der Waals surface area contributed by atoms with Gasteiger partial charge in [-0.3, -0.25) is 0 Å². The molecule has 0 aliphatic rings. The molecule has 1 nitrogen and oxygen atoms in total. The number of rotatable bonds is 5. The van der Waals surface area contributed by atoms with Crippen molar-refractivity contribution in [2.45, 2.75) is 19.8 Å². The monoisotopic (exact) mass is 198 g/mol. The number of para-hydroxylation sites is 1. The quantitative estimate of drug-likeness (QED) is 0.521. The molecule has 0 unspecified atom stereocenters. The SMILES string of the molecule is CCc1ccccc1OCCCCl. The van der Waals surface area contributed by atoms with Crippen molar-refractivity contribution in [3.63, 3.8) is 0 Å². The first kappa shape index (κ1) is 10.4. The summed E-state index contributed by atoms with van der Waals surface area (Å²) >= 11 is 5.56. The van der Waals surface area contributed by atoms with Gasteiger partial charge in [-0.2, -0.15) is 0 Å². The Balaban J connectivity index is 2.54. The standard InChI is InChI=1S/C11H15ClO/c1-2-10-6-3-4-7-11(10)13-9-5-8-12/h3-4,6-7H,2,5,8-9H2,1H3. The van der Waals surface area contributed by atoms with Gasteiger partial charge in [0.15, 0.2) is 0 Å². The fraction of sp³-hybridized carbons (Fsp3) is 0.455. The lowest BCUT2D eigenvalue weighted by atomic mass is 10.1. The molecule has 0 aromatic heterocycles. The molecule has 1 rings (SSSR count). The van der Waals surface area contributed by atoms with E-state index < -0.39 is 0 Å². The minimum atomic E-state index is 0.661. The van der Waals surface area contributed by atoms with Crippen LogP contribution < -0.4 is 4.74 Å². The van der Waals surface area contributed by atoms with Crippen LogP contribution in [0, 0.1) is 0 Å². The third-order valence-corrected chi connectivity index (χ3v) is 2.16. The van der Waals surface area contributed by atoms with Crippen LogP contribution in [-0.4, -0.2) is 12.5 Å². The fourth-order valence-corrected chi connectivity index (χ4v) is 1.28. The van der Waals surface area contributed by atoms with Crippen molar-refractivity contribution in [2.75, 3.05) is 12.5 Å². The second-order valence-electron chi connectivity index (χ2n) is 2.85. The molecule has 0 radical (unpaired) electrons. The number of alkyl halides is 1. The summed E-state index contributed by atoms with van der Waals surface area (Å²) < 4.78 is 5.58. The van der Waals surface area contributed by atoms with Gasteiger partial charge >= 0.3 is 0 Å². The molecule has 0 saturated carbocycles. The average molecular weight is 199 g/mol. The minimum absolute atomic E-state index is 0.661. The zero-order valence-electron chi connectivity index (χ0n) is 7.92. The molecule has 0 amide bonds. The van der Waals surface area contributed by atoms with Crippen LogP contribution in [0.4, 0.5) is 0 Å². The van der Waals surface area contributed by atoms with Crippen LogP contribution in [0.15, 0.2) is 24.3 Å². The number of hydrogen-bond acceptors (Lipinski definition) is 1. The van der Waals surface area contributed by atoms with E-state index in [1.54, 1.807) is 0 Å². The van der Waals surface area contributed by atoms with Gasteiger partial charge in [0.05, 0.1) is 6.61 Å². The Morgan fingerprint density at radius 3 is 2.77 bits per heavy atom. The summed E-state index contributed by atoms with van der Waals surface area (Å²) in [6.45, 7) is 2.84. The van der Waals surface area contributed by atoms with E-state index in [0.29, 0.717) is 12.5 Å². The van der Waals surface area contributed by atoms with Gasteiger partial charge in [0, 0.05) is 5.88 Å². The number of hydrogen-bond donors (Lipinski definition) is 0. The molecule has 1 aromatic carbocycles. The van der Waals surface area contributed by atoms with E-state index >= 15 is 0 Å². The van der Waals surface area contributed by atoms with Crippen molar-refractivity contribution in [2.24, 2.45) is 0 Å². The Bertz CT molecular complexity index is 248. The van der Waals surface area contributed by atoms with Crippen LogP contribution >= 0.6 is 11.6 Å². The first-order chi connectivity index (χ1) is 6.38. The molecule has 0 spiro atoms. The molecule has 0 aliphatic carbocycles. The molecule has 0 heterocycles. The van der Waals surface area contributed by atoms with E-state index in [1.807, 2.05) is 18.2 Å². The van der Waals surface area contributed by atoms with E-state index in [4.69, 9.17) is 16.3 Å². The van der Waals surface area contributed by atoms with E-state index in [2.05, 4.69) is 13.0 Å². The van der Waals surface area contributed by atoms with Gasteiger partial charge in [-0.25, -0.2) is 0 Å². The average Bonchev–Trinajstić information content (AvgIpc) is 2.19. The van der Waals surface area contributed by atoms with Gasteiger partial charge in [-0.15, -0.1) is 11.6 Å². The molecule has 2 heteroatoms. The highest BCUT2D eigenvalue weighted by atomic mass is 35.5. The van der Waals surface area contributed by atoms with Gasteiger partial charge in [-0.05, 0) is 24.5 Å². The number of ether oxygens (including phenoxy) is 1. The zero-order valence-corrected chi connectivity index (χ0v) is 8.68. The Morgan fingerprint density at radius 2 is 2.08 bits per heavy atom. The normalized spacial score (nSPS) is 10.0. The Morgan fingerprint density at radius 1 is 1.31 bits per heavy atom. The highest BCUT2D eigenvalue weighted by Gasteiger charge is 1.98. The number of aryl methyl sites for hydroxylation is 1. The van der Waals surface area contributed by atoms with Crippen LogP contribution in [0.2, 0.25) is 0 Å². The summed E-state index contributed by atoms with van der Waals surface area (Å²) in [5, 5.41) is 0. The predicted octanol–water partition coefficient (Wildman–Crippen LogP) is 3.26. The highest BCUT2D eigenvalue weighted by molar-refractivity contribution is 6.17. The van der Waals surface area contributed by atoms with Crippen LogP contribution in [0.3, 0.4) is 0 Å². The van der Waals surface area contributed by atoms with Crippen LogP contribution in [0.25, 0.3) is 0 Å². The van der Waals surface area contributed by atoms with Gasteiger partial charge in [0.25, 0.3) is 0 Å². The summed E-state index contributed by atoms with van der Waals surface area (Å²) in [6.07, 6.45) is 1.91. The molecule has 0 N–H and O–H groups in total. The van der Waals surface area contributed by atoms with E-state index in [1.165, 1.54) is 5.56 Å². The third kappa shape index (κ3) is 3.27. The van der Waals surface area contributed by atoms with E-state index in [0.717, 1.165) is 18.6 Å². The minimum Gasteiger partial charge on any atom is -0.493 e. The second-order valence-corrected chi connectivity index (χ2v) is 3.23. The van der Waals surface area contributed by atoms with Crippen molar-refractivity contribution in [1.82, 2.24) is 0 Å². The molecule has 0 bridgehead atoms. The lowest BCUT2D eigenvalue weighted by molar-refractivity contribution is 0.315.